The molecular weight excluding hydrogens is 188 g/mol. The molecule has 0 aliphatic heterocycles. The van der Waals surface area contributed by atoms with Gasteiger partial charge in [0.1, 0.15) is 0 Å². The molecule has 0 saturated carbocycles. The highest BCUT2D eigenvalue weighted by atomic mass is 32.1. The Morgan fingerprint density at radius 1 is 1.07 bits per heavy atom. The maximum absolute atomic E-state index is 4.46. The molecule has 0 saturated heterocycles. The van der Waals surface area contributed by atoms with Gasteiger partial charge in [-0.15, -0.1) is 12.6 Å². The second-order valence-electron chi connectivity index (χ2n) is 3.22. The van der Waals surface area contributed by atoms with Gasteiger partial charge in [-0.1, -0.05) is 42.5 Å². The fraction of sp³-hybridized carbons (Fsp3) is 0.0769. The highest BCUT2D eigenvalue weighted by molar-refractivity contribution is 7.80. The first kappa shape index (κ1) is 9.35. The van der Waals surface area contributed by atoms with Crippen LogP contribution in [-0.4, -0.2) is 0 Å². The molecule has 0 amide bonds. The summed E-state index contributed by atoms with van der Waals surface area (Å²) in [7, 11) is 0. The van der Waals surface area contributed by atoms with Gasteiger partial charge < -0.3 is 0 Å². The summed E-state index contributed by atoms with van der Waals surface area (Å²) in [6, 6.07) is 12.5. The van der Waals surface area contributed by atoms with E-state index in [0.29, 0.717) is 0 Å². The highest BCUT2D eigenvalue weighted by Crippen LogP contribution is 2.25. The van der Waals surface area contributed by atoms with Crippen molar-refractivity contribution in [3.05, 3.63) is 48.0 Å². The predicted molar refractivity (Wildman–Crippen MR) is 65.9 cm³/mol. The Morgan fingerprint density at radius 2 is 1.86 bits per heavy atom. The van der Waals surface area contributed by atoms with Crippen LogP contribution in [0.15, 0.2) is 47.4 Å². The second kappa shape index (κ2) is 3.89. The Balaban J connectivity index is 2.82. The standard InChI is InChI=1S/C13H12S/c1-2-5-12-11-7-4-3-6-10(11)8-9-13(12)14/h2-9,14H,1H3/b5-2+. The predicted octanol–water partition coefficient (Wildman–Crippen LogP) is 4.16. The van der Waals surface area contributed by atoms with Crippen molar-refractivity contribution < 1.29 is 0 Å². The van der Waals surface area contributed by atoms with Gasteiger partial charge in [0.15, 0.2) is 0 Å². The van der Waals surface area contributed by atoms with Crippen LogP contribution in [-0.2, 0) is 0 Å². The van der Waals surface area contributed by atoms with E-state index in [9.17, 15) is 0 Å². The molecule has 14 heavy (non-hydrogen) atoms. The molecule has 2 aromatic rings. The maximum atomic E-state index is 4.46. The molecule has 0 unspecified atom stereocenters. The lowest BCUT2D eigenvalue weighted by Gasteiger charge is -2.04. The maximum Gasteiger partial charge on any atom is 0.0119 e. The zero-order chi connectivity index (χ0) is 9.97. The van der Waals surface area contributed by atoms with Crippen molar-refractivity contribution in [2.75, 3.05) is 0 Å². The normalized spacial score (nSPS) is 11.3. The number of hydrogen-bond acceptors (Lipinski definition) is 1. The quantitative estimate of drug-likeness (QED) is 0.656. The summed E-state index contributed by atoms with van der Waals surface area (Å²) >= 11 is 4.46. The van der Waals surface area contributed by atoms with E-state index in [2.05, 4.69) is 49.0 Å². The summed E-state index contributed by atoms with van der Waals surface area (Å²) in [6.45, 7) is 2.02. The van der Waals surface area contributed by atoms with Crippen LogP contribution >= 0.6 is 12.6 Å². The van der Waals surface area contributed by atoms with Gasteiger partial charge in [-0.25, -0.2) is 0 Å². The van der Waals surface area contributed by atoms with E-state index in [1.165, 1.54) is 16.3 Å². The van der Waals surface area contributed by atoms with Gasteiger partial charge in [0.2, 0.25) is 0 Å². The van der Waals surface area contributed by atoms with Crippen molar-refractivity contribution in [1.29, 1.82) is 0 Å². The minimum atomic E-state index is 1.03. The zero-order valence-corrected chi connectivity index (χ0v) is 8.96. The van der Waals surface area contributed by atoms with Crippen molar-refractivity contribution in [3.63, 3.8) is 0 Å². The van der Waals surface area contributed by atoms with E-state index >= 15 is 0 Å². The van der Waals surface area contributed by atoms with E-state index in [1.807, 2.05) is 19.1 Å². The summed E-state index contributed by atoms with van der Waals surface area (Å²) in [5.41, 5.74) is 1.20. The van der Waals surface area contributed by atoms with Gasteiger partial charge >= 0.3 is 0 Å². The fourth-order valence-corrected chi connectivity index (χ4v) is 1.90. The molecule has 1 heteroatoms. The fourth-order valence-electron chi connectivity index (χ4n) is 1.63. The molecule has 0 aliphatic carbocycles. The van der Waals surface area contributed by atoms with Gasteiger partial charge in [0.05, 0.1) is 0 Å². The van der Waals surface area contributed by atoms with Crippen LogP contribution in [0.5, 0.6) is 0 Å². The number of benzene rings is 2. The minimum absolute atomic E-state index is 1.03. The van der Waals surface area contributed by atoms with Crippen LogP contribution < -0.4 is 0 Å². The molecule has 0 bridgehead atoms. The highest BCUT2D eigenvalue weighted by Gasteiger charge is 2.00. The van der Waals surface area contributed by atoms with Crippen LogP contribution in [0, 0.1) is 0 Å². The van der Waals surface area contributed by atoms with Crippen LogP contribution in [0.25, 0.3) is 16.8 Å². The molecule has 0 nitrogen and oxygen atoms in total. The third kappa shape index (κ3) is 1.55. The lowest BCUT2D eigenvalue weighted by atomic mass is 10.0. The van der Waals surface area contributed by atoms with Crippen molar-refractivity contribution in [2.45, 2.75) is 11.8 Å². The monoisotopic (exact) mass is 200 g/mol. The second-order valence-corrected chi connectivity index (χ2v) is 3.70. The van der Waals surface area contributed by atoms with Crippen molar-refractivity contribution >= 4 is 29.5 Å². The van der Waals surface area contributed by atoms with Gasteiger partial charge in [-0.3, -0.25) is 0 Å². The molecule has 0 atom stereocenters. The van der Waals surface area contributed by atoms with Gasteiger partial charge in [0.25, 0.3) is 0 Å². The first-order chi connectivity index (χ1) is 6.83. The van der Waals surface area contributed by atoms with E-state index in [4.69, 9.17) is 0 Å². The van der Waals surface area contributed by atoms with Gasteiger partial charge in [0, 0.05) is 4.90 Å². The molecule has 0 radical (unpaired) electrons. The van der Waals surface area contributed by atoms with Crippen molar-refractivity contribution in [1.82, 2.24) is 0 Å². The molecule has 2 aromatic carbocycles. The third-order valence-corrected chi connectivity index (χ3v) is 2.67. The van der Waals surface area contributed by atoms with E-state index in [0.717, 1.165) is 4.90 Å². The number of allylic oxidation sites excluding steroid dienone is 1. The van der Waals surface area contributed by atoms with E-state index in [1.54, 1.807) is 0 Å². The SMILES string of the molecule is C/C=C/c1c(S)ccc2ccccc12. The zero-order valence-electron chi connectivity index (χ0n) is 8.07. The number of hydrogen-bond donors (Lipinski definition) is 1. The molecule has 0 fully saturated rings. The molecule has 2 rings (SSSR count). The smallest absolute Gasteiger partial charge is 0.0119 e. The summed E-state index contributed by atoms with van der Waals surface area (Å²) < 4.78 is 0. The van der Waals surface area contributed by atoms with E-state index in [-0.39, 0.29) is 0 Å². The Bertz CT molecular complexity index is 484. The molecule has 0 aliphatic rings. The number of thiol groups is 1. The summed E-state index contributed by atoms with van der Waals surface area (Å²) in [5.74, 6) is 0. The van der Waals surface area contributed by atoms with Crippen LogP contribution in [0.2, 0.25) is 0 Å². The first-order valence-corrected chi connectivity index (χ1v) is 5.11. The Hall–Kier alpha value is -1.21. The number of rotatable bonds is 1. The van der Waals surface area contributed by atoms with Crippen LogP contribution in [0.4, 0.5) is 0 Å². The topological polar surface area (TPSA) is 0 Å². The lowest BCUT2D eigenvalue weighted by Crippen LogP contribution is -1.80. The minimum Gasteiger partial charge on any atom is -0.143 e. The third-order valence-electron chi connectivity index (χ3n) is 2.28. The van der Waals surface area contributed by atoms with Crippen LogP contribution in [0.3, 0.4) is 0 Å². The molecule has 0 spiro atoms. The molecule has 0 N–H and O–H groups in total. The lowest BCUT2D eigenvalue weighted by molar-refractivity contribution is 1.48. The van der Waals surface area contributed by atoms with Crippen molar-refractivity contribution in [3.8, 4) is 0 Å². The van der Waals surface area contributed by atoms with E-state index < -0.39 is 0 Å². The Kier molecular flexibility index (Phi) is 2.60. The Labute approximate surface area is 89.7 Å². The van der Waals surface area contributed by atoms with Crippen molar-refractivity contribution in [2.24, 2.45) is 0 Å². The molecular formula is C13H12S. The largest absolute Gasteiger partial charge is 0.143 e. The summed E-state index contributed by atoms with van der Waals surface area (Å²) in [4.78, 5) is 1.03. The van der Waals surface area contributed by atoms with Gasteiger partial charge in [-0.2, -0.15) is 0 Å². The molecule has 0 heterocycles. The summed E-state index contributed by atoms with van der Waals surface area (Å²) in [5, 5.41) is 2.52. The molecule has 0 aromatic heterocycles. The first-order valence-electron chi connectivity index (χ1n) is 4.66. The molecule has 70 valence electrons. The number of fused-ring (bicyclic) bond motifs is 1. The Morgan fingerprint density at radius 3 is 2.64 bits per heavy atom. The van der Waals surface area contributed by atoms with Crippen LogP contribution in [0.1, 0.15) is 12.5 Å². The average Bonchev–Trinajstić information content (AvgIpc) is 2.23. The average molecular weight is 200 g/mol. The van der Waals surface area contributed by atoms with Gasteiger partial charge in [-0.05, 0) is 29.3 Å². The summed E-state index contributed by atoms with van der Waals surface area (Å²) in [6.07, 6.45) is 4.14.